The Balaban J connectivity index is 2.09. The summed E-state index contributed by atoms with van der Waals surface area (Å²) in [6.07, 6.45) is 6.49. The molecule has 0 saturated heterocycles. The summed E-state index contributed by atoms with van der Waals surface area (Å²) in [6.45, 7) is 5.42. The summed E-state index contributed by atoms with van der Waals surface area (Å²) in [4.78, 5) is 2.10. The molecule has 0 bridgehead atoms. The Bertz CT molecular complexity index is 330. The van der Waals surface area contributed by atoms with Crippen molar-refractivity contribution in [1.29, 1.82) is 0 Å². The molecule has 0 fully saturated rings. The molecule has 0 aromatic heterocycles. The van der Waals surface area contributed by atoms with Crippen molar-refractivity contribution in [2.45, 2.75) is 46.0 Å². The monoisotopic (exact) mass is 263 g/mol. The van der Waals surface area contributed by atoms with Crippen LogP contribution in [0.3, 0.4) is 0 Å². The Morgan fingerprint density at radius 3 is 2.16 bits per heavy atom. The minimum absolute atomic E-state index is 0.836. The van der Waals surface area contributed by atoms with Gasteiger partial charge in [0.05, 0.1) is 6.61 Å². The predicted molar refractivity (Wildman–Crippen MR) is 84.2 cm³/mol. The lowest BCUT2D eigenvalue weighted by Gasteiger charge is -2.13. The van der Waals surface area contributed by atoms with Crippen LogP contribution in [0.4, 0.5) is 5.69 Å². The third kappa shape index (κ3) is 7.09. The summed E-state index contributed by atoms with van der Waals surface area (Å²) in [5.74, 6) is 1.82. The third-order valence-corrected chi connectivity index (χ3v) is 3.30. The van der Waals surface area contributed by atoms with E-state index in [4.69, 9.17) is 4.74 Å². The van der Waals surface area contributed by atoms with Crippen molar-refractivity contribution < 1.29 is 4.74 Å². The Kier molecular flexibility index (Phi) is 7.39. The summed E-state index contributed by atoms with van der Waals surface area (Å²) >= 11 is 0. The van der Waals surface area contributed by atoms with Crippen molar-refractivity contribution in [1.82, 2.24) is 0 Å². The molecule has 2 nitrogen and oxygen atoms in total. The number of benzene rings is 1. The summed E-state index contributed by atoms with van der Waals surface area (Å²) in [5.41, 5.74) is 1.21. The summed E-state index contributed by atoms with van der Waals surface area (Å²) in [6, 6.07) is 8.29. The predicted octanol–water partition coefficient (Wildman–Crippen LogP) is 4.74. The molecule has 0 saturated carbocycles. The number of rotatable bonds is 9. The molecule has 0 spiro atoms. The van der Waals surface area contributed by atoms with Gasteiger partial charge >= 0.3 is 0 Å². The average Bonchev–Trinajstić information content (AvgIpc) is 2.38. The summed E-state index contributed by atoms with van der Waals surface area (Å²) in [7, 11) is 4.10. The summed E-state index contributed by atoms with van der Waals surface area (Å²) < 4.78 is 5.75. The quantitative estimate of drug-likeness (QED) is 0.597. The number of hydrogen-bond donors (Lipinski definition) is 0. The van der Waals surface area contributed by atoms with Crippen LogP contribution in [-0.2, 0) is 0 Å². The molecule has 1 aromatic carbocycles. The highest BCUT2D eigenvalue weighted by atomic mass is 16.5. The minimum atomic E-state index is 0.836. The zero-order valence-corrected chi connectivity index (χ0v) is 13.0. The van der Waals surface area contributed by atoms with Crippen LogP contribution in [-0.4, -0.2) is 20.7 Å². The maximum Gasteiger partial charge on any atom is 0.119 e. The highest BCUT2D eigenvalue weighted by Crippen LogP contribution is 2.18. The van der Waals surface area contributed by atoms with Gasteiger partial charge in [-0.3, -0.25) is 0 Å². The molecule has 0 heterocycles. The van der Waals surface area contributed by atoms with Gasteiger partial charge in [0.1, 0.15) is 5.75 Å². The summed E-state index contributed by atoms with van der Waals surface area (Å²) in [5, 5.41) is 0. The van der Waals surface area contributed by atoms with Gasteiger partial charge in [-0.1, -0.05) is 39.5 Å². The first-order valence-electron chi connectivity index (χ1n) is 7.50. The number of anilines is 1. The molecule has 0 unspecified atom stereocenters. The van der Waals surface area contributed by atoms with Crippen LogP contribution in [0.25, 0.3) is 0 Å². The first kappa shape index (κ1) is 15.9. The molecular formula is C17H29NO. The molecule has 0 atom stereocenters. The van der Waals surface area contributed by atoms with Crippen molar-refractivity contribution in [3.05, 3.63) is 24.3 Å². The number of nitrogens with zero attached hydrogens (tertiary/aromatic N) is 1. The van der Waals surface area contributed by atoms with Gasteiger partial charge in [-0.15, -0.1) is 0 Å². The maximum absolute atomic E-state index is 5.75. The van der Waals surface area contributed by atoms with Crippen molar-refractivity contribution in [2.75, 3.05) is 25.6 Å². The lowest BCUT2D eigenvalue weighted by molar-refractivity contribution is 0.304. The first-order chi connectivity index (χ1) is 9.09. The normalized spacial score (nSPS) is 10.8. The first-order valence-corrected chi connectivity index (χ1v) is 7.50. The average molecular weight is 263 g/mol. The number of hydrogen-bond acceptors (Lipinski definition) is 2. The zero-order valence-electron chi connectivity index (χ0n) is 13.0. The van der Waals surface area contributed by atoms with Crippen molar-refractivity contribution in [3.8, 4) is 5.75 Å². The molecule has 0 aliphatic heterocycles. The Morgan fingerprint density at radius 2 is 1.58 bits per heavy atom. The van der Waals surface area contributed by atoms with E-state index in [2.05, 4.69) is 30.9 Å². The van der Waals surface area contributed by atoms with Crippen LogP contribution < -0.4 is 9.64 Å². The SMILES string of the molecule is CC(C)CCCCCCOc1ccc(N(C)C)cc1. The highest BCUT2D eigenvalue weighted by molar-refractivity contribution is 5.47. The van der Waals surface area contributed by atoms with Gasteiger partial charge in [-0.25, -0.2) is 0 Å². The van der Waals surface area contributed by atoms with Crippen molar-refractivity contribution >= 4 is 5.69 Å². The second-order valence-corrected chi connectivity index (χ2v) is 5.83. The fraction of sp³-hybridized carbons (Fsp3) is 0.647. The number of unbranched alkanes of at least 4 members (excludes halogenated alkanes) is 3. The Labute approximate surface area is 118 Å². The van der Waals surface area contributed by atoms with Crippen LogP contribution >= 0.6 is 0 Å². The standard InChI is InChI=1S/C17H29NO/c1-15(2)9-7-5-6-8-14-19-17-12-10-16(11-13-17)18(3)4/h10-13,15H,5-9,14H2,1-4H3. The molecule has 0 N–H and O–H groups in total. The van der Waals surface area contributed by atoms with E-state index in [9.17, 15) is 0 Å². The lowest BCUT2D eigenvalue weighted by atomic mass is 10.0. The van der Waals surface area contributed by atoms with Gasteiger partial charge in [0.15, 0.2) is 0 Å². The largest absolute Gasteiger partial charge is 0.494 e. The molecule has 0 aliphatic carbocycles. The molecule has 0 aliphatic rings. The van der Waals surface area contributed by atoms with E-state index in [1.807, 2.05) is 26.2 Å². The molecule has 108 valence electrons. The fourth-order valence-corrected chi connectivity index (χ4v) is 2.04. The van der Waals surface area contributed by atoms with Crippen molar-refractivity contribution in [2.24, 2.45) is 5.92 Å². The third-order valence-electron chi connectivity index (χ3n) is 3.30. The van der Waals surface area contributed by atoms with Crippen LogP contribution in [0.15, 0.2) is 24.3 Å². The van der Waals surface area contributed by atoms with Gasteiger partial charge in [-0.2, -0.15) is 0 Å². The topological polar surface area (TPSA) is 12.5 Å². The van der Waals surface area contributed by atoms with Gasteiger partial charge < -0.3 is 9.64 Å². The van der Waals surface area contributed by atoms with E-state index in [0.717, 1.165) is 24.7 Å². The van der Waals surface area contributed by atoms with E-state index >= 15 is 0 Å². The molecule has 1 aromatic rings. The van der Waals surface area contributed by atoms with E-state index in [0.29, 0.717) is 0 Å². The van der Waals surface area contributed by atoms with E-state index in [-0.39, 0.29) is 0 Å². The van der Waals surface area contributed by atoms with Crippen LogP contribution in [0.1, 0.15) is 46.0 Å². The number of ether oxygens (including phenoxy) is 1. The van der Waals surface area contributed by atoms with E-state index in [1.54, 1.807) is 0 Å². The Morgan fingerprint density at radius 1 is 0.947 bits per heavy atom. The molecule has 0 amide bonds. The molecule has 1 rings (SSSR count). The molecular weight excluding hydrogens is 234 g/mol. The zero-order chi connectivity index (χ0) is 14.1. The van der Waals surface area contributed by atoms with Crippen LogP contribution in [0, 0.1) is 5.92 Å². The second-order valence-electron chi connectivity index (χ2n) is 5.83. The molecule has 2 heteroatoms. The van der Waals surface area contributed by atoms with Gasteiger partial charge in [0, 0.05) is 19.8 Å². The van der Waals surface area contributed by atoms with Gasteiger partial charge in [0.2, 0.25) is 0 Å². The minimum Gasteiger partial charge on any atom is -0.494 e. The van der Waals surface area contributed by atoms with Gasteiger partial charge in [0.25, 0.3) is 0 Å². The van der Waals surface area contributed by atoms with Crippen molar-refractivity contribution in [3.63, 3.8) is 0 Å². The van der Waals surface area contributed by atoms with Crippen LogP contribution in [0.5, 0.6) is 5.75 Å². The maximum atomic E-state index is 5.75. The molecule has 19 heavy (non-hydrogen) atoms. The highest BCUT2D eigenvalue weighted by Gasteiger charge is 1.98. The lowest BCUT2D eigenvalue weighted by Crippen LogP contribution is -2.08. The Hall–Kier alpha value is -1.18. The molecule has 0 radical (unpaired) electrons. The second kappa shape index (κ2) is 8.84. The van der Waals surface area contributed by atoms with Gasteiger partial charge in [-0.05, 0) is 36.6 Å². The van der Waals surface area contributed by atoms with E-state index in [1.165, 1.54) is 31.4 Å². The van der Waals surface area contributed by atoms with Crippen LogP contribution in [0.2, 0.25) is 0 Å². The smallest absolute Gasteiger partial charge is 0.119 e. The fourth-order valence-electron chi connectivity index (χ4n) is 2.04. The van der Waals surface area contributed by atoms with E-state index < -0.39 is 0 Å².